The second-order valence-corrected chi connectivity index (χ2v) is 3.79. The molecule has 1 aromatic rings. The Kier molecular flexibility index (Phi) is 5.73. The molecule has 0 radical (unpaired) electrons. The van der Waals surface area contributed by atoms with Crippen molar-refractivity contribution in [2.24, 2.45) is 0 Å². The molecule has 7 nitrogen and oxygen atoms in total. The van der Waals surface area contributed by atoms with Crippen molar-refractivity contribution in [2.45, 2.75) is 6.04 Å². The molecule has 0 aliphatic rings. The Hall–Kier alpha value is -2.35. The molecule has 1 rings (SSSR count). The summed E-state index contributed by atoms with van der Waals surface area (Å²) < 4.78 is 23.0. The summed E-state index contributed by atoms with van der Waals surface area (Å²) in [7, 11) is 2.70. The lowest BCUT2D eigenvalue weighted by atomic mass is 10.3. The van der Waals surface area contributed by atoms with Gasteiger partial charge in [-0.3, -0.25) is 0 Å². The number of carbonyl (C=O) groups excluding carboxylic acids is 1. The van der Waals surface area contributed by atoms with Gasteiger partial charge in [-0.05, 0) is 12.1 Å². The van der Waals surface area contributed by atoms with Crippen LogP contribution in [0.1, 0.15) is 0 Å². The largest absolute Gasteiger partial charge is 0.497 e. The first kappa shape index (κ1) is 15.7. The minimum Gasteiger partial charge on any atom is -0.497 e. The number of benzene rings is 1. The van der Waals surface area contributed by atoms with E-state index in [1.807, 2.05) is 0 Å². The molecule has 2 amide bonds. The zero-order chi connectivity index (χ0) is 15.1. The lowest BCUT2D eigenvalue weighted by Gasteiger charge is -2.14. The van der Waals surface area contributed by atoms with E-state index in [0.717, 1.165) is 6.07 Å². The SMILES string of the molecule is COCC(NC(=O)Nc1cc(OC)ccc1F)C(=O)O. The van der Waals surface area contributed by atoms with Gasteiger partial charge in [0.15, 0.2) is 6.04 Å². The number of urea groups is 1. The van der Waals surface area contributed by atoms with Gasteiger partial charge in [0, 0.05) is 13.2 Å². The molecule has 110 valence electrons. The highest BCUT2D eigenvalue weighted by atomic mass is 19.1. The molecular formula is C12H15FN2O5. The van der Waals surface area contributed by atoms with Crippen LogP contribution < -0.4 is 15.4 Å². The summed E-state index contributed by atoms with van der Waals surface area (Å²) in [6.07, 6.45) is 0. The third-order valence-electron chi connectivity index (χ3n) is 2.36. The monoisotopic (exact) mass is 286 g/mol. The summed E-state index contributed by atoms with van der Waals surface area (Å²) in [6, 6.07) is 1.71. The summed E-state index contributed by atoms with van der Waals surface area (Å²) >= 11 is 0. The van der Waals surface area contributed by atoms with Gasteiger partial charge in [0.2, 0.25) is 0 Å². The maximum atomic E-state index is 13.5. The molecule has 1 atom stereocenters. The maximum absolute atomic E-state index is 13.5. The number of halogens is 1. The van der Waals surface area contributed by atoms with E-state index < -0.39 is 23.9 Å². The molecule has 0 aliphatic carbocycles. The molecule has 0 fully saturated rings. The van der Waals surface area contributed by atoms with Crippen LogP contribution in [0.4, 0.5) is 14.9 Å². The Morgan fingerprint density at radius 2 is 2.10 bits per heavy atom. The van der Waals surface area contributed by atoms with Crippen molar-refractivity contribution in [3.8, 4) is 5.75 Å². The fourth-order valence-electron chi connectivity index (χ4n) is 1.39. The van der Waals surface area contributed by atoms with Gasteiger partial charge in [0.25, 0.3) is 0 Å². The van der Waals surface area contributed by atoms with Crippen LogP contribution in [-0.4, -0.2) is 44.0 Å². The number of anilines is 1. The highest BCUT2D eigenvalue weighted by Gasteiger charge is 2.20. The van der Waals surface area contributed by atoms with Crippen LogP contribution in [0.5, 0.6) is 5.75 Å². The van der Waals surface area contributed by atoms with E-state index in [1.165, 1.54) is 26.4 Å². The predicted molar refractivity (Wildman–Crippen MR) is 68.4 cm³/mol. The summed E-state index contributed by atoms with van der Waals surface area (Å²) in [5.41, 5.74) is -0.122. The van der Waals surface area contributed by atoms with Crippen molar-refractivity contribution in [3.05, 3.63) is 24.0 Å². The summed E-state index contributed by atoms with van der Waals surface area (Å²) in [6.45, 7) is -0.205. The van der Waals surface area contributed by atoms with Crippen LogP contribution in [-0.2, 0) is 9.53 Å². The number of amides is 2. The van der Waals surface area contributed by atoms with Crippen molar-refractivity contribution >= 4 is 17.7 Å². The average molecular weight is 286 g/mol. The van der Waals surface area contributed by atoms with Gasteiger partial charge in [0.05, 0.1) is 19.4 Å². The molecule has 0 aliphatic heterocycles. The van der Waals surface area contributed by atoms with Crippen molar-refractivity contribution < 1.29 is 28.6 Å². The van der Waals surface area contributed by atoms with Gasteiger partial charge in [-0.2, -0.15) is 0 Å². The van der Waals surface area contributed by atoms with Gasteiger partial charge in [0.1, 0.15) is 11.6 Å². The van der Waals surface area contributed by atoms with Crippen LogP contribution in [0.2, 0.25) is 0 Å². The number of hydrogen-bond donors (Lipinski definition) is 3. The van der Waals surface area contributed by atoms with Crippen LogP contribution >= 0.6 is 0 Å². The molecule has 8 heteroatoms. The number of aliphatic carboxylic acids is 1. The number of ether oxygens (including phenoxy) is 2. The van der Waals surface area contributed by atoms with Gasteiger partial charge < -0.3 is 25.2 Å². The fourth-order valence-corrected chi connectivity index (χ4v) is 1.39. The zero-order valence-corrected chi connectivity index (χ0v) is 11.0. The number of rotatable bonds is 6. The first-order valence-electron chi connectivity index (χ1n) is 5.60. The predicted octanol–water partition coefficient (Wildman–Crippen LogP) is 1.06. The van der Waals surface area contributed by atoms with E-state index in [9.17, 15) is 14.0 Å². The molecule has 0 heterocycles. The molecule has 0 aromatic heterocycles. The van der Waals surface area contributed by atoms with E-state index in [4.69, 9.17) is 9.84 Å². The first-order chi connectivity index (χ1) is 9.47. The van der Waals surface area contributed by atoms with Crippen LogP contribution in [0.25, 0.3) is 0 Å². The number of carboxylic acids is 1. The number of hydrogen-bond acceptors (Lipinski definition) is 4. The topological polar surface area (TPSA) is 96.9 Å². The third-order valence-corrected chi connectivity index (χ3v) is 2.36. The number of methoxy groups -OCH3 is 2. The molecule has 0 bridgehead atoms. The Bertz CT molecular complexity index is 495. The lowest BCUT2D eigenvalue weighted by Crippen LogP contribution is -2.45. The van der Waals surface area contributed by atoms with Crippen LogP contribution in [0.15, 0.2) is 18.2 Å². The third kappa shape index (κ3) is 4.39. The van der Waals surface area contributed by atoms with Gasteiger partial charge in [-0.1, -0.05) is 0 Å². The van der Waals surface area contributed by atoms with E-state index in [2.05, 4.69) is 15.4 Å². The number of nitrogens with one attached hydrogen (secondary N) is 2. The second kappa shape index (κ2) is 7.29. The quantitative estimate of drug-likeness (QED) is 0.726. The Morgan fingerprint density at radius 3 is 2.65 bits per heavy atom. The summed E-state index contributed by atoms with van der Waals surface area (Å²) in [5, 5.41) is 13.2. The smallest absolute Gasteiger partial charge is 0.328 e. The van der Waals surface area contributed by atoms with Gasteiger partial charge >= 0.3 is 12.0 Å². The number of carbonyl (C=O) groups is 2. The Balaban J connectivity index is 2.72. The zero-order valence-electron chi connectivity index (χ0n) is 11.0. The van der Waals surface area contributed by atoms with E-state index in [0.29, 0.717) is 5.75 Å². The Morgan fingerprint density at radius 1 is 1.40 bits per heavy atom. The van der Waals surface area contributed by atoms with Crippen LogP contribution in [0.3, 0.4) is 0 Å². The van der Waals surface area contributed by atoms with Gasteiger partial charge in [-0.25, -0.2) is 14.0 Å². The van der Waals surface area contributed by atoms with E-state index in [-0.39, 0.29) is 12.3 Å². The molecule has 0 saturated heterocycles. The summed E-state index contributed by atoms with van der Waals surface area (Å²) in [5.74, 6) is -1.57. The molecule has 1 aromatic carbocycles. The van der Waals surface area contributed by atoms with Crippen molar-refractivity contribution in [3.63, 3.8) is 0 Å². The molecule has 1 unspecified atom stereocenters. The maximum Gasteiger partial charge on any atom is 0.328 e. The molecule has 0 spiro atoms. The normalized spacial score (nSPS) is 11.6. The first-order valence-corrected chi connectivity index (χ1v) is 5.60. The molecule has 20 heavy (non-hydrogen) atoms. The number of carboxylic acid groups (broad SMARTS) is 1. The van der Waals surface area contributed by atoms with E-state index >= 15 is 0 Å². The average Bonchev–Trinajstić information content (AvgIpc) is 2.40. The van der Waals surface area contributed by atoms with Crippen LogP contribution in [0, 0.1) is 5.82 Å². The summed E-state index contributed by atoms with van der Waals surface area (Å²) in [4.78, 5) is 22.4. The lowest BCUT2D eigenvalue weighted by molar-refractivity contribution is -0.140. The van der Waals surface area contributed by atoms with E-state index in [1.54, 1.807) is 0 Å². The highest BCUT2D eigenvalue weighted by Crippen LogP contribution is 2.20. The van der Waals surface area contributed by atoms with Crippen molar-refractivity contribution in [2.75, 3.05) is 26.1 Å². The highest BCUT2D eigenvalue weighted by molar-refractivity contribution is 5.92. The molecule has 3 N–H and O–H groups in total. The second-order valence-electron chi connectivity index (χ2n) is 3.79. The minimum atomic E-state index is -1.26. The standard InChI is InChI=1S/C12H15FN2O5/c1-19-6-10(11(16)17)15-12(18)14-9-5-7(20-2)3-4-8(9)13/h3-5,10H,6H2,1-2H3,(H,16,17)(H2,14,15,18). The van der Waals surface area contributed by atoms with Crippen molar-refractivity contribution in [1.29, 1.82) is 0 Å². The van der Waals surface area contributed by atoms with Crippen molar-refractivity contribution in [1.82, 2.24) is 5.32 Å². The minimum absolute atomic E-state index is 0.122. The molecule has 0 saturated carbocycles. The Labute approximate surface area is 114 Å². The molecular weight excluding hydrogens is 271 g/mol. The fraction of sp³-hybridized carbons (Fsp3) is 0.333. The van der Waals surface area contributed by atoms with Gasteiger partial charge in [-0.15, -0.1) is 0 Å².